The van der Waals surface area contributed by atoms with Crippen LogP contribution in [0.1, 0.15) is 30.9 Å². The van der Waals surface area contributed by atoms with Crippen LogP contribution in [-0.2, 0) is 0 Å². The smallest absolute Gasteiger partial charge is 0.225 e. The number of aliphatic hydroxyl groups excluding tert-OH is 1. The minimum atomic E-state index is -1.21. The van der Waals surface area contributed by atoms with Crippen molar-refractivity contribution in [3.63, 3.8) is 0 Å². The van der Waals surface area contributed by atoms with E-state index in [0.717, 1.165) is 18.2 Å². The lowest BCUT2D eigenvalue weighted by atomic mass is 10.0. The zero-order chi connectivity index (χ0) is 25.5. The predicted octanol–water partition coefficient (Wildman–Crippen LogP) is 4.01. The monoisotopic (exact) mass is 507 g/mol. The number of anilines is 2. The Hall–Kier alpha value is -3.86. The van der Waals surface area contributed by atoms with Crippen LogP contribution in [0.5, 0.6) is 0 Å². The Bertz CT molecular complexity index is 1430. The van der Waals surface area contributed by atoms with Crippen LogP contribution in [0, 0.1) is 11.6 Å². The molecule has 1 aromatic carbocycles. The second-order valence-electron chi connectivity index (χ2n) is 9.42. The molecule has 0 bridgehead atoms. The number of hydrogen-bond donors (Lipinski definition) is 1. The molecule has 0 spiro atoms. The van der Waals surface area contributed by atoms with Gasteiger partial charge in [-0.05, 0) is 43.2 Å². The Kier molecular flexibility index (Phi) is 6.07. The highest BCUT2D eigenvalue weighted by molar-refractivity contribution is 5.89. The fourth-order valence-electron chi connectivity index (χ4n) is 5.08. The SMILES string of the molecule is OC1CCN(c2ncc(-c3ncnc4ccc(N5C[C@@H](F)C[C@@H]5c5cc(F)ccc5F)nc34)cn2)CC1. The maximum Gasteiger partial charge on any atom is 0.225 e. The summed E-state index contributed by atoms with van der Waals surface area (Å²) < 4.78 is 43.0. The topological polar surface area (TPSA) is 91.2 Å². The van der Waals surface area contributed by atoms with Crippen LogP contribution in [0.25, 0.3) is 22.3 Å². The average molecular weight is 508 g/mol. The third-order valence-electron chi connectivity index (χ3n) is 6.99. The summed E-state index contributed by atoms with van der Waals surface area (Å²) in [5.74, 6) is -0.170. The highest BCUT2D eigenvalue weighted by atomic mass is 19.1. The van der Waals surface area contributed by atoms with Crippen LogP contribution in [-0.4, -0.2) is 61.9 Å². The zero-order valence-corrected chi connectivity index (χ0v) is 19.8. The van der Waals surface area contributed by atoms with Crippen LogP contribution < -0.4 is 9.80 Å². The molecule has 1 N–H and O–H groups in total. The van der Waals surface area contributed by atoms with E-state index in [-0.39, 0.29) is 24.6 Å². The minimum Gasteiger partial charge on any atom is -0.393 e. The fourth-order valence-corrected chi connectivity index (χ4v) is 5.08. The maximum absolute atomic E-state index is 14.6. The van der Waals surface area contributed by atoms with Gasteiger partial charge in [0.15, 0.2) is 0 Å². The summed E-state index contributed by atoms with van der Waals surface area (Å²) in [7, 11) is 0. The first-order valence-electron chi connectivity index (χ1n) is 12.2. The molecule has 190 valence electrons. The van der Waals surface area contributed by atoms with Crippen LogP contribution in [0.4, 0.5) is 24.9 Å². The van der Waals surface area contributed by atoms with Crippen molar-refractivity contribution in [3.8, 4) is 11.3 Å². The van der Waals surface area contributed by atoms with Gasteiger partial charge >= 0.3 is 0 Å². The maximum atomic E-state index is 14.6. The molecule has 2 aliphatic rings. The Morgan fingerprint density at radius 2 is 1.73 bits per heavy atom. The van der Waals surface area contributed by atoms with Gasteiger partial charge in [0.25, 0.3) is 0 Å². The van der Waals surface area contributed by atoms with Gasteiger partial charge < -0.3 is 14.9 Å². The normalized spacial score (nSPS) is 20.6. The number of alkyl halides is 1. The van der Waals surface area contributed by atoms with Gasteiger partial charge in [-0.25, -0.2) is 38.1 Å². The van der Waals surface area contributed by atoms with E-state index in [1.165, 1.54) is 6.33 Å². The van der Waals surface area contributed by atoms with E-state index in [1.54, 1.807) is 29.4 Å². The van der Waals surface area contributed by atoms with Gasteiger partial charge in [-0.3, -0.25) is 0 Å². The molecule has 0 unspecified atom stereocenters. The van der Waals surface area contributed by atoms with E-state index in [2.05, 4.69) is 19.9 Å². The van der Waals surface area contributed by atoms with Crippen LogP contribution in [0.15, 0.2) is 49.1 Å². The minimum absolute atomic E-state index is 0.00446. The highest BCUT2D eigenvalue weighted by Gasteiger charge is 2.36. The molecule has 5 heterocycles. The summed E-state index contributed by atoms with van der Waals surface area (Å²) >= 11 is 0. The van der Waals surface area contributed by atoms with Crippen molar-refractivity contribution < 1.29 is 18.3 Å². The van der Waals surface area contributed by atoms with Gasteiger partial charge in [-0.1, -0.05) is 0 Å². The number of halogens is 3. The quantitative estimate of drug-likeness (QED) is 0.443. The summed E-state index contributed by atoms with van der Waals surface area (Å²) in [6.45, 7) is 1.37. The van der Waals surface area contributed by atoms with Gasteiger partial charge in [0.2, 0.25) is 5.95 Å². The molecule has 4 aromatic rings. The van der Waals surface area contributed by atoms with Crippen molar-refractivity contribution in [2.75, 3.05) is 29.4 Å². The molecule has 8 nitrogen and oxygen atoms in total. The van der Waals surface area contributed by atoms with Crippen LogP contribution in [0.3, 0.4) is 0 Å². The Morgan fingerprint density at radius 1 is 0.946 bits per heavy atom. The second-order valence-corrected chi connectivity index (χ2v) is 9.42. The van der Waals surface area contributed by atoms with Crippen LogP contribution in [0.2, 0.25) is 0 Å². The van der Waals surface area contributed by atoms with Gasteiger partial charge in [0.05, 0.1) is 24.2 Å². The summed E-state index contributed by atoms with van der Waals surface area (Å²) in [5, 5.41) is 9.74. The van der Waals surface area contributed by atoms with Crippen molar-refractivity contribution in [1.82, 2.24) is 24.9 Å². The zero-order valence-electron chi connectivity index (χ0n) is 19.8. The molecule has 6 rings (SSSR count). The van der Waals surface area contributed by atoms with Crippen molar-refractivity contribution >= 4 is 22.8 Å². The molecule has 3 aromatic heterocycles. The van der Waals surface area contributed by atoms with Gasteiger partial charge in [-0.2, -0.15) is 0 Å². The number of rotatable bonds is 4. The average Bonchev–Trinajstić information content (AvgIpc) is 3.31. The molecular weight excluding hydrogens is 483 g/mol. The molecule has 2 fully saturated rings. The molecule has 37 heavy (non-hydrogen) atoms. The lowest BCUT2D eigenvalue weighted by molar-refractivity contribution is 0.145. The molecule has 2 aliphatic heterocycles. The molecule has 0 saturated carbocycles. The summed E-state index contributed by atoms with van der Waals surface area (Å²) in [6, 6.07) is 5.97. The number of hydrogen-bond acceptors (Lipinski definition) is 8. The van der Waals surface area contributed by atoms with E-state index in [9.17, 15) is 18.3 Å². The third-order valence-corrected chi connectivity index (χ3v) is 6.99. The first-order valence-corrected chi connectivity index (χ1v) is 12.2. The van der Waals surface area contributed by atoms with Gasteiger partial charge in [0.1, 0.15) is 41.2 Å². The van der Waals surface area contributed by atoms with Crippen molar-refractivity contribution in [3.05, 3.63) is 66.3 Å². The summed E-state index contributed by atoms with van der Waals surface area (Å²) in [6.07, 6.45) is 4.63. The standard InChI is InChI=1S/C26H24F3N7O/c27-16-1-2-20(29)19(9-16)22-10-17(28)13-36(22)23-4-3-21-25(34-23)24(33-14-32-21)15-11-30-26(31-12-15)35-7-5-18(37)6-8-35/h1-4,9,11-12,14,17-18,22,37H,5-8,10,13H2/t17-,22+/m0/s1. The first kappa shape index (κ1) is 23.5. The Labute approximate surface area is 210 Å². The first-order chi connectivity index (χ1) is 18.0. The molecule has 2 atom stereocenters. The van der Waals surface area contributed by atoms with Crippen LogP contribution >= 0.6 is 0 Å². The van der Waals surface area contributed by atoms with Gasteiger partial charge in [-0.15, -0.1) is 0 Å². The highest BCUT2D eigenvalue weighted by Crippen LogP contribution is 2.39. The Morgan fingerprint density at radius 3 is 2.51 bits per heavy atom. The number of benzene rings is 1. The van der Waals surface area contributed by atoms with Gasteiger partial charge in [0, 0.05) is 43.0 Å². The van der Waals surface area contributed by atoms with E-state index >= 15 is 0 Å². The fraction of sp³-hybridized carbons (Fsp3) is 0.346. The summed E-state index contributed by atoms with van der Waals surface area (Å²) in [4.78, 5) is 26.1. The molecule has 0 amide bonds. The molecule has 2 saturated heterocycles. The van der Waals surface area contributed by atoms with E-state index in [1.807, 2.05) is 4.90 Å². The number of piperidine rings is 1. The molecule has 11 heteroatoms. The Balaban J connectivity index is 1.35. The lowest BCUT2D eigenvalue weighted by Crippen LogP contribution is -2.36. The third kappa shape index (κ3) is 4.55. The molecule has 0 radical (unpaired) electrons. The molecule has 0 aliphatic carbocycles. The number of pyridine rings is 1. The largest absolute Gasteiger partial charge is 0.393 e. The lowest BCUT2D eigenvalue weighted by Gasteiger charge is -2.29. The second kappa shape index (κ2) is 9.55. The number of aromatic nitrogens is 5. The predicted molar refractivity (Wildman–Crippen MR) is 132 cm³/mol. The van der Waals surface area contributed by atoms with Crippen molar-refractivity contribution in [2.45, 2.75) is 37.6 Å². The number of nitrogens with zero attached hydrogens (tertiary/aromatic N) is 7. The van der Waals surface area contributed by atoms with Crippen molar-refractivity contribution in [2.24, 2.45) is 0 Å². The van der Waals surface area contributed by atoms with E-state index in [0.29, 0.717) is 60.0 Å². The number of fused-ring (bicyclic) bond motifs is 1. The van der Waals surface area contributed by atoms with E-state index in [4.69, 9.17) is 4.98 Å². The number of aliphatic hydroxyl groups is 1. The molecular formula is C26H24F3N7O. The summed E-state index contributed by atoms with van der Waals surface area (Å²) in [5.41, 5.74) is 2.29. The van der Waals surface area contributed by atoms with Crippen molar-refractivity contribution in [1.29, 1.82) is 0 Å². The van der Waals surface area contributed by atoms with E-state index < -0.39 is 23.8 Å².